The van der Waals surface area contributed by atoms with Gasteiger partial charge >= 0.3 is 5.97 Å². The molecule has 2 unspecified atom stereocenters. The molecule has 2 aromatic carbocycles. The molecule has 0 radical (unpaired) electrons. The number of thioether (sulfide) groups is 2. The van der Waals surface area contributed by atoms with Crippen LogP contribution in [0.3, 0.4) is 0 Å². The molecule has 0 saturated carbocycles. The molecule has 186 valence electrons. The first-order valence-corrected chi connectivity index (χ1v) is 14.0. The summed E-state index contributed by atoms with van der Waals surface area (Å²) in [6.07, 6.45) is 3.70. The van der Waals surface area contributed by atoms with Crippen molar-refractivity contribution in [3.05, 3.63) is 102 Å². The van der Waals surface area contributed by atoms with E-state index >= 15 is 0 Å². The lowest BCUT2D eigenvalue weighted by molar-refractivity contribution is 0.0458. The van der Waals surface area contributed by atoms with Crippen LogP contribution in [0.25, 0.3) is 0 Å². The van der Waals surface area contributed by atoms with Gasteiger partial charge in [0.2, 0.25) is 0 Å². The number of aromatic nitrogens is 1. The van der Waals surface area contributed by atoms with Gasteiger partial charge in [0.1, 0.15) is 6.61 Å². The number of ether oxygens (including phenoxy) is 1. The lowest BCUT2D eigenvalue weighted by atomic mass is 10.1. The molecule has 0 bridgehead atoms. The van der Waals surface area contributed by atoms with E-state index in [4.69, 9.17) is 4.74 Å². The third-order valence-electron chi connectivity index (χ3n) is 5.81. The predicted molar refractivity (Wildman–Crippen MR) is 150 cm³/mol. The summed E-state index contributed by atoms with van der Waals surface area (Å²) in [4.78, 5) is 19.2. The van der Waals surface area contributed by atoms with Crippen LogP contribution in [0.5, 0.6) is 0 Å². The fourth-order valence-corrected chi connectivity index (χ4v) is 6.68. The van der Waals surface area contributed by atoms with Crippen molar-refractivity contribution in [1.82, 2.24) is 9.88 Å². The number of benzene rings is 2. The van der Waals surface area contributed by atoms with Gasteiger partial charge in [0.15, 0.2) is 0 Å². The van der Waals surface area contributed by atoms with Crippen molar-refractivity contribution in [1.29, 1.82) is 0 Å². The van der Waals surface area contributed by atoms with Crippen molar-refractivity contribution < 1.29 is 9.53 Å². The first kappa shape index (κ1) is 26.1. The number of carbonyl (C=O) groups is 1. The van der Waals surface area contributed by atoms with Gasteiger partial charge in [-0.05, 0) is 55.1 Å². The van der Waals surface area contributed by atoms with Crippen LogP contribution in [0.15, 0.2) is 102 Å². The average Bonchev–Trinajstić information content (AvgIpc) is 2.91. The molecule has 1 aliphatic rings. The Morgan fingerprint density at radius 3 is 2.61 bits per heavy atom. The van der Waals surface area contributed by atoms with Gasteiger partial charge in [-0.15, -0.1) is 11.8 Å². The van der Waals surface area contributed by atoms with Crippen LogP contribution in [0.1, 0.15) is 21.2 Å². The molecule has 1 aliphatic heterocycles. The van der Waals surface area contributed by atoms with Gasteiger partial charge in [-0.1, -0.05) is 36.4 Å². The second-order valence-electron chi connectivity index (χ2n) is 8.55. The van der Waals surface area contributed by atoms with Gasteiger partial charge in [-0.3, -0.25) is 9.88 Å². The third kappa shape index (κ3) is 7.53. The van der Waals surface area contributed by atoms with E-state index in [9.17, 15) is 4.79 Å². The van der Waals surface area contributed by atoms with Crippen molar-refractivity contribution in [2.75, 3.05) is 37.5 Å². The summed E-state index contributed by atoms with van der Waals surface area (Å²) in [5.74, 6) is 2.55. The number of esters is 1. The number of likely N-dealkylation sites (N-methyl/N-ethyl adjacent to an activating group) is 1. The molecule has 1 aromatic heterocycles. The Labute approximate surface area is 221 Å². The maximum Gasteiger partial charge on any atom is 0.338 e. The standard InChI is InChI=1S/C28H30N4O2S2/c1-21-18-35-20-26(27(36-19-21)22-11-13-29-14-12-22)32(2)15-16-34-28(33)23-7-6-10-25(17-23)31-30-24-8-4-3-5-9-24/h3-14,17,26-27H,1,15-16,18-20H2,2H3/b31-30+. The van der Waals surface area contributed by atoms with Gasteiger partial charge < -0.3 is 4.74 Å². The van der Waals surface area contributed by atoms with Crippen LogP contribution < -0.4 is 0 Å². The zero-order valence-electron chi connectivity index (χ0n) is 20.3. The van der Waals surface area contributed by atoms with Crippen molar-refractivity contribution in [3.8, 4) is 0 Å². The Morgan fingerprint density at radius 1 is 1.06 bits per heavy atom. The molecule has 4 rings (SSSR count). The first-order valence-electron chi connectivity index (χ1n) is 11.8. The van der Waals surface area contributed by atoms with Crippen LogP contribution in [0.2, 0.25) is 0 Å². The highest BCUT2D eigenvalue weighted by Gasteiger charge is 2.29. The lowest BCUT2D eigenvalue weighted by Crippen LogP contribution is -2.40. The molecular formula is C28H30N4O2S2. The number of hydrogen-bond donors (Lipinski definition) is 0. The molecule has 1 saturated heterocycles. The summed E-state index contributed by atoms with van der Waals surface area (Å²) < 4.78 is 5.63. The topological polar surface area (TPSA) is 67.2 Å². The molecule has 0 N–H and O–H groups in total. The maximum atomic E-state index is 12.7. The summed E-state index contributed by atoms with van der Waals surface area (Å²) in [6.45, 7) is 5.17. The van der Waals surface area contributed by atoms with E-state index in [-0.39, 0.29) is 5.97 Å². The number of nitrogens with zero attached hydrogens (tertiary/aromatic N) is 4. The van der Waals surface area contributed by atoms with Crippen LogP contribution in [0, 0.1) is 0 Å². The minimum Gasteiger partial charge on any atom is -0.461 e. The number of azo groups is 1. The summed E-state index contributed by atoms with van der Waals surface area (Å²) in [5, 5.41) is 8.76. The molecule has 8 heteroatoms. The van der Waals surface area contributed by atoms with Crippen molar-refractivity contribution >= 4 is 40.9 Å². The first-order chi connectivity index (χ1) is 17.6. The molecule has 6 nitrogen and oxygen atoms in total. The van der Waals surface area contributed by atoms with Gasteiger partial charge in [-0.2, -0.15) is 22.0 Å². The van der Waals surface area contributed by atoms with E-state index in [1.165, 1.54) is 11.1 Å². The van der Waals surface area contributed by atoms with Crippen molar-refractivity contribution in [2.45, 2.75) is 11.3 Å². The smallest absolute Gasteiger partial charge is 0.338 e. The van der Waals surface area contributed by atoms with E-state index in [0.717, 1.165) is 22.9 Å². The van der Waals surface area contributed by atoms with Gasteiger partial charge in [0, 0.05) is 47.5 Å². The normalized spacial score (nSPS) is 18.7. The summed E-state index contributed by atoms with van der Waals surface area (Å²) in [7, 11) is 2.11. The Kier molecular flexibility index (Phi) is 9.72. The van der Waals surface area contributed by atoms with Crippen molar-refractivity contribution in [3.63, 3.8) is 0 Å². The Hall–Kier alpha value is -2.94. The zero-order valence-corrected chi connectivity index (χ0v) is 22.0. The Balaban J connectivity index is 1.35. The molecular weight excluding hydrogens is 488 g/mol. The van der Waals surface area contributed by atoms with Crippen LogP contribution in [0.4, 0.5) is 11.4 Å². The number of pyridine rings is 1. The van der Waals surface area contributed by atoms with Crippen molar-refractivity contribution in [2.24, 2.45) is 10.2 Å². The summed E-state index contributed by atoms with van der Waals surface area (Å²) in [5.41, 5.74) is 4.36. The number of hydrogen-bond acceptors (Lipinski definition) is 8. The number of carbonyl (C=O) groups excluding carboxylic acids is 1. The molecule has 1 fully saturated rings. The minimum absolute atomic E-state index is 0.296. The molecule has 3 aromatic rings. The second-order valence-corrected chi connectivity index (χ2v) is 10.7. The molecule has 2 atom stereocenters. The van der Waals surface area contributed by atoms with E-state index < -0.39 is 0 Å². The minimum atomic E-state index is -0.358. The molecule has 2 heterocycles. The van der Waals surface area contributed by atoms with E-state index in [2.05, 4.69) is 45.9 Å². The molecule has 36 heavy (non-hydrogen) atoms. The molecule has 0 spiro atoms. The highest BCUT2D eigenvalue weighted by atomic mass is 32.2. The fraction of sp³-hybridized carbons (Fsp3) is 0.286. The van der Waals surface area contributed by atoms with Crippen LogP contribution in [-0.2, 0) is 4.74 Å². The zero-order chi connectivity index (χ0) is 25.2. The Morgan fingerprint density at radius 2 is 1.81 bits per heavy atom. The van der Waals surface area contributed by atoms with E-state index in [1.54, 1.807) is 18.2 Å². The average molecular weight is 519 g/mol. The van der Waals surface area contributed by atoms with E-state index in [0.29, 0.717) is 35.7 Å². The largest absolute Gasteiger partial charge is 0.461 e. The number of rotatable bonds is 8. The molecule has 0 aliphatic carbocycles. The SMILES string of the molecule is C=C1CSCC(N(C)CCOC(=O)c2cccc(/N=N/c3ccccc3)c2)C(c2ccncc2)SC1. The highest BCUT2D eigenvalue weighted by molar-refractivity contribution is 8.01. The van der Waals surface area contributed by atoms with Gasteiger partial charge in [0.25, 0.3) is 0 Å². The van der Waals surface area contributed by atoms with Gasteiger partial charge in [0.05, 0.1) is 16.9 Å². The van der Waals surface area contributed by atoms with Crippen LogP contribution >= 0.6 is 23.5 Å². The maximum absolute atomic E-state index is 12.7. The monoisotopic (exact) mass is 518 g/mol. The lowest BCUT2D eigenvalue weighted by Gasteiger charge is -2.36. The van der Waals surface area contributed by atoms with Crippen LogP contribution in [-0.4, -0.2) is 59.4 Å². The third-order valence-corrected chi connectivity index (χ3v) is 8.52. The van der Waals surface area contributed by atoms with Gasteiger partial charge in [-0.25, -0.2) is 4.79 Å². The summed E-state index contributed by atoms with van der Waals surface area (Å²) in [6, 6.07) is 21.0. The highest BCUT2D eigenvalue weighted by Crippen LogP contribution is 2.39. The Bertz CT molecular complexity index is 1170. The second kappa shape index (κ2) is 13.4. The predicted octanol–water partition coefficient (Wildman–Crippen LogP) is 6.73. The fourth-order valence-electron chi connectivity index (χ4n) is 3.84. The quantitative estimate of drug-likeness (QED) is 0.187. The molecule has 0 amide bonds. The summed E-state index contributed by atoms with van der Waals surface area (Å²) >= 11 is 3.84. The van der Waals surface area contributed by atoms with E-state index in [1.807, 2.05) is 72.3 Å².